The Labute approximate surface area is 134 Å². The smallest absolute Gasteiger partial charge is 0.325 e. The summed E-state index contributed by atoms with van der Waals surface area (Å²) in [6, 6.07) is 3.34. The molecule has 0 saturated carbocycles. The maximum atomic E-state index is 11.6. The van der Waals surface area contributed by atoms with E-state index in [1.807, 2.05) is 17.5 Å². The average Bonchev–Trinajstić information content (AvgIpc) is 3.15. The lowest BCUT2D eigenvalue weighted by Crippen LogP contribution is -2.29. The third kappa shape index (κ3) is 3.54. The minimum absolute atomic E-state index is 0.0301. The van der Waals surface area contributed by atoms with Crippen molar-refractivity contribution in [3.63, 3.8) is 0 Å². The van der Waals surface area contributed by atoms with Crippen LogP contribution in [0.4, 0.5) is 4.79 Å². The number of rotatable bonds is 6. The predicted octanol–water partition coefficient (Wildman–Crippen LogP) is 0.0668. The number of carbonyl (C=O) groups excluding carboxylic acids is 2. The van der Waals surface area contributed by atoms with Crippen molar-refractivity contribution in [2.24, 2.45) is 0 Å². The standard InChI is InChI=1S/C13H13N5O4S/c19-11-6-17(13(22)15-11)5-10-14-9(4-8-2-1-3-23-8)16-18(10)7-12(20)21/h1-3H,4-7H2,(H,20,21)(H,15,19,22). The number of aliphatic carboxylic acids is 1. The zero-order chi connectivity index (χ0) is 16.4. The number of aromatic nitrogens is 3. The highest BCUT2D eigenvalue weighted by atomic mass is 32.1. The number of carbonyl (C=O) groups is 3. The number of nitrogens with zero attached hydrogens (tertiary/aromatic N) is 4. The molecule has 1 aliphatic heterocycles. The number of hydrogen-bond acceptors (Lipinski definition) is 6. The first-order chi connectivity index (χ1) is 11.0. The molecule has 0 radical (unpaired) electrons. The van der Waals surface area contributed by atoms with Crippen LogP contribution in [0.3, 0.4) is 0 Å². The zero-order valence-corrected chi connectivity index (χ0v) is 12.7. The number of hydrogen-bond donors (Lipinski definition) is 2. The molecule has 1 aliphatic rings. The number of carboxylic acids is 1. The molecule has 3 heterocycles. The number of amides is 3. The average molecular weight is 335 g/mol. The number of thiophene rings is 1. The van der Waals surface area contributed by atoms with Gasteiger partial charge in [-0.1, -0.05) is 6.07 Å². The van der Waals surface area contributed by atoms with Gasteiger partial charge in [-0.3, -0.25) is 14.9 Å². The second-order valence-corrected chi connectivity index (χ2v) is 5.99. The van der Waals surface area contributed by atoms with Crippen LogP contribution in [0.2, 0.25) is 0 Å². The third-order valence-corrected chi connectivity index (χ3v) is 4.07. The fraction of sp³-hybridized carbons (Fsp3) is 0.308. The molecule has 0 atom stereocenters. The van der Waals surface area contributed by atoms with Gasteiger partial charge in [-0.2, -0.15) is 5.10 Å². The molecule has 2 aromatic rings. The van der Waals surface area contributed by atoms with Crippen LogP contribution in [0.5, 0.6) is 0 Å². The lowest BCUT2D eigenvalue weighted by molar-refractivity contribution is -0.138. The van der Waals surface area contributed by atoms with Gasteiger partial charge in [-0.15, -0.1) is 11.3 Å². The predicted molar refractivity (Wildman–Crippen MR) is 78.7 cm³/mol. The van der Waals surface area contributed by atoms with E-state index in [4.69, 9.17) is 5.11 Å². The van der Waals surface area contributed by atoms with Crippen LogP contribution < -0.4 is 5.32 Å². The highest BCUT2D eigenvalue weighted by Gasteiger charge is 2.28. The van der Waals surface area contributed by atoms with Crippen LogP contribution in [-0.2, 0) is 29.1 Å². The van der Waals surface area contributed by atoms with Gasteiger partial charge < -0.3 is 10.0 Å². The Bertz CT molecular complexity index is 755. The van der Waals surface area contributed by atoms with E-state index in [-0.39, 0.29) is 19.6 Å². The highest BCUT2D eigenvalue weighted by molar-refractivity contribution is 7.09. The molecule has 0 unspecified atom stereocenters. The summed E-state index contributed by atoms with van der Waals surface area (Å²) >= 11 is 1.56. The molecule has 0 spiro atoms. The molecule has 2 aromatic heterocycles. The molecule has 1 fully saturated rings. The summed E-state index contributed by atoms with van der Waals surface area (Å²) in [5.74, 6) is -0.627. The molecule has 9 nitrogen and oxygen atoms in total. The summed E-state index contributed by atoms with van der Waals surface area (Å²) in [6.07, 6.45) is 0.489. The maximum absolute atomic E-state index is 11.6. The lowest BCUT2D eigenvalue weighted by atomic mass is 10.3. The molecule has 0 aliphatic carbocycles. The fourth-order valence-electron chi connectivity index (χ4n) is 2.22. The van der Waals surface area contributed by atoms with Crippen molar-refractivity contribution in [1.82, 2.24) is 25.0 Å². The van der Waals surface area contributed by atoms with Gasteiger partial charge in [0.1, 0.15) is 18.9 Å². The second-order valence-electron chi connectivity index (χ2n) is 4.96. The van der Waals surface area contributed by atoms with Crippen molar-refractivity contribution in [3.05, 3.63) is 34.0 Å². The minimum atomic E-state index is -1.05. The number of imide groups is 1. The first-order valence-electron chi connectivity index (χ1n) is 6.77. The van der Waals surface area contributed by atoms with Crippen LogP contribution >= 0.6 is 11.3 Å². The Morgan fingerprint density at radius 2 is 2.26 bits per heavy atom. The van der Waals surface area contributed by atoms with E-state index < -0.39 is 17.9 Å². The molecule has 0 bridgehead atoms. The largest absolute Gasteiger partial charge is 0.480 e. The van der Waals surface area contributed by atoms with Crippen LogP contribution in [0.15, 0.2) is 17.5 Å². The van der Waals surface area contributed by atoms with E-state index in [0.29, 0.717) is 18.1 Å². The first-order valence-corrected chi connectivity index (χ1v) is 7.65. The number of urea groups is 1. The van der Waals surface area contributed by atoms with Crippen molar-refractivity contribution in [2.45, 2.75) is 19.5 Å². The summed E-state index contributed by atoms with van der Waals surface area (Å²) < 4.78 is 1.25. The molecule has 0 aromatic carbocycles. The van der Waals surface area contributed by atoms with Crippen LogP contribution in [0, 0.1) is 0 Å². The lowest BCUT2D eigenvalue weighted by Gasteiger charge is -2.12. The van der Waals surface area contributed by atoms with Crippen molar-refractivity contribution < 1.29 is 19.5 Å². The van der Waals surface area contributed by atoms with E-state index in [0.717, 1.165) is 4.88 Å². The molecular weight excluding hydrogens is 322 g/mol. The molecule has 2 N–H and O–H groups in total. The molecule has 120 valence electrons. The van der Waals surface area contributed by atoms with E-state index in [1.165, 1.54) is 9.58 Å². The summed E-state index contributed by atoms with van der Waals surface area (Å²) in [5.41, 5.74) is 0. The van der Waals surface area contributed by atoms with Crippen molar-refractivity contribution in [1.29, 1.82) is 0 Å². The quantitative estimate of drug-likeness (QED) is 0.721. The maximum Gasteiger partial charge on any atom is 0.325 e. The van der Waals surface area contributed by atoms with Crippen LogP contribution in [0.25, 0.3) is 0 Å². The normalized spacial score (nSPS) is 14.3. The van der Waals surface area contributed by atoms with E-state index in [9.17, 15) is 14.4 Å². The SMILES string of the molecule is O=C(O)Cn1nc(Cc2cccs2)nc1CN1CC(=O)NC1=O. The van der Waals surface area contributed by atoms with Crippen LogP contribution in [0.1, 0.15) is 16.5 Å². The highest BCUT2D eigenvalue weighted by Crippen LogP contribution is 2.14. The van der Waals surface area contributed by atoms with Crippen molar-refractivity contribution in [3.8, 4) is 0 Å². The monoisotopic (exact) mass is 335 g/mol. The Hall–Kier alpha value is -2.75. The Morgan fingerprint density at radius 3 is 2.87 bits per heavy atom. The third-order valence-electron chi connectivity index (χ3n) is 3.19. The molecular formula is C13H13N5O4S. The fourth-order valence-corrected chi connectivity index (χ4v) is 2.92. The van der Waals surface area contributed by atoms with Gasteiger partial charge in [0, 0.05) is 11.3 Å². The summed E-state index contributed by atoms with van der Waals surface area (Å²) in [7, 11) is 0. The Kier molecular flexibility index (Phi) is 4.06. The Balaban J connectivity index is 1.81. The minimum Gasteiger partial charge on any atom is -0.480 e. The summed E-state index contributed by atoms with van der Waals surface area (Å²) in [6.45, 7) is -0.391. The topological polar surface area (TPSA) is 117 Å². The zero-order valence-electron chi connectivity index (χ0n) is 11.9. The second kappa shape index (κ2) is 6.16. The molecule has 3 rings (SSSR count). The van der Waals surface area contributed by atoms with Crippen LogP contribution in [-0.4, -0.2) is 49.2 Å². The number of carboxylic acid groups (broad SMARTS) is 1. The van der Waals surface area contributed by atoms with Gasteiger partial charge in [0.25, 0.3) is 0 Å². The van der Waals surface area contributed by atoms with Crippen molar-refractivity contribution in [2.75, 3.05) is 6.54 Å². The van der Waals surface area contributed by atoms with Gasteiger partial charge in [-0.25, -0.2) is 14.5 Å². The first kappa shape index (κ1) is 15.2. The summed E-state index contributed by atoms with van der Waals surface area (Å²) in [5, 5.41) is 17.3. The van der Waals surface area contributed by atoms with Gasteiger partial charge >= 0.3 is 12.0 Å². The van der Waals surface area contributed by atoms with E-state index >= 15 is 0 Å². The van der Waals surface area contributed by atoms with Gasteiger partial charge in [0.15, 0.2) is 5.82 Å². The Morgan fingerprint density at radius 1 is 1.43 bits per heavy atom. The molecule has 1 saturated heterocycles. The van der Waals surface area contributed by atoms with Gasteiger partial charge in [0.05, 0.1) is 6.54 Å². The number of nitrogens with one attached hydrogen (secondary N) is 1. The van der Waals surface area contributed by atoms with Gasteiger partial charge in [0.2, 0.25) is 5.91 Å². The van der Waals surface area contributed by atoms with Crippen molar-refractivity contribution >= 4 is 29.2 Å². The van der Waals surface area contributed by atoms with Gasteiger partial charge in [-0.05, 0) is 11.4 Å². The summed E-state index contributed by atoms with van der Waals surface area (Å²) in [4.78, 5) is 40.4. The molecule has 3 amide bonds. The van der Waals surface area contributed by atoms with E-state index in [1.54, 1.807) is 11.3 Å². The molecule has 10 heteroatoms. The van der Waals surface area contributed by atoms with E-state index in [2.05, 4.69) is 15.4 Å². The molecule has 23 heavy (non-hydrogen) atoms.